The van der Waals surface area contributed by atoms with Gasteiger partial charge in [0.15, 0.2) is 0 Å². The molecule has 0 amide bonds. The van der Waals surface area contributed by atoms with Crippen LogP contribution in [-0.4, -0.2) is 67.9 Å². The van der Waals surface area contributed by atoms with Gasteiger partial charge in [-0.15, -0.1) is 0 Å². The molecule has 2 aliphatic rings. The lowest BCUT2D eigenvalue weighted by Crippen LogP contribution is -2.50. The largest absolute Gasteiger partial charge is 0.510 e. The van der Waals surface area contributed by atoms with E-state index in [0.29, 0.717) is 18.4 Å². The summed E-state index contributed by atoms with van der Waals surface area (Å²) < 4.78 is 10.9. The second kappa shape index (κ2) is 14.7. The Morgan fingerprint density at radius 1 is 1.00 bits per heavy atom. The summed E-state index contributed by atoms with van der Waals surface area (Å²) >= 11 is 0. The number of hydrogen-bond acceptors (Lipinski definition) is 6. The molecule has 1 fully saturated rings. The molecule has 0 spiro atoms. The minimum absolute atomic E-state index is 0.0274. The number of ether oxygens (including phenoxy) is 2. The Morgan fingerprint density at radius 2 is 1.62 bits per heavy atom. The van der Waals surface area contributed by atoms with E-state index in [1.54, 1.807) is 0 Å². The lowest BCUT2D eigenvalue weighted by Gasteiger charge is -2.41. The van der Waals surface area contributed by atoms with Gasteiger partial charge in [-0.25, -0.2) is 9.79 Å². The molecular weight excluding hydrogens is 498 g/mol. The maximum absolute atomic E-state index is 12.4. The van der Waals surface area contributed by atoms with Crippen LogP contribution in [0, 0.1) is 11.8 Å². The molecule has 0 aromatic heterocycles. The summed E-state index contributed by atoms with van der Waals surface area (Å²) in [6, 6.07) is 22.1. The molecule has 0 radical (unpaired) electrons. The highest BCUT2D eigenvalue weighted by Crippen LogP contribution is 2.41. The molecule has 1 aliphatic heterocycles. The molecular formula is C34H49N3O3. The number of aryl methyl sites for hydroxylation is 1. The second-order valence-corrected chi connectivity index (χ2v) is 12.0. The van der Waals surface area contributed by atoms with Crippen molar-refractivity contribution < 1.29 is 14.3 Å². The Balaban J connectivity index is 1.41. The van der Waals surface area contributed by atoms with Crippen LogP contribution < -0.4 is 0 Å². The zero-order valence-electron chi connectivity index (χ0n) is 25.0. The number of carbonyl (C=O) groups is 1. The molecule has 1 saturated carbocycles. The third kappa shape index (κ3) is 7.87. The van der Waals surface area contributed by atoms with Gasteiger partial charge in [0.05, 0.1) is 19.5 Å². The number of methoxy groups -OCH3 is 1. The van der Waals surface area contributed by atoms with Gasteiger partial charge in [-0.05, 0) is 75.6 Å². The molecule has 40 heavy (non-hydrogen) atoms. The van der Waals surface area contributed by atoms with Crippen molar-refractivity contribution in [1.82, 2.24) is 9.80 Å². The van der Waals surface area contributed by atoms with E-state index < -0.39 is 11.9 Å². The number of hydrogen-bond donors (Lipinski definition) is 0. The minimum atomic E-state index is -0.878. The zero-order valence-corrected chi connectivity index (χ0v) is 25.0. The van der Waals surface area contributed by atoms with Crippen molar-refractivity contribution in [1.29, 1.82) is 0 Å². The van der Waals surface area contributed by atoms with E-state index in [9.17, 15) is 4.79 Å². The summed E-state index contributed by atoms with van der Waals surface area (Å²) in [4.78, 5) is 22.0. The normalized spacial score (nSPS) is 25.2. The van der Waals surface area contributed by atoms with Gasteiger partial charge in [-0.3, -0.25) is 0 Å². The van der Waals surface area contributed by atoms with Crippen LogP contribution in [0.1, 0.15) is 69.4 Å². The van der Waals surface area contributed by atoms with E-state index in [-0.39, 0.29) is 6.04 Å². The third-order valence-corrected chi connectivity index (χ3v) is 9.11. The fourth-order valence-electron chi connectivity index (χ4n) is 6.95. The predicted molar refractivity (Wildman–Crippen MR) is 163 cm³/mol. The molecule has 2 aromatic carbocycles. The first kappa shape index (κ1) is 30.1. The first-order chi connectivity index (χ1) is 19.4. The topological polar surface area (TPSA) is 54.4 Å². The van der Waals surface area contributed by atoms with Gasteiger partial charge in [-0.1, -0.05) is 86.8 Å². The Bertz CT molecular complexity index is 1050. The third-order valence-electron chi connectivity index (χ3n) is 9.11. The van der Waals surface area contributed by atoms with Crippen LogP contribution in [0.15, 0.2) is 65.7 Å². The van der Waals surface area contributed by atoms with Gasteiger partial charge in [0.25, 0.3) is 0 Å². The summed E-state index contributed by atoms with van der Waals surface area (Å²) in [5.74, 6) is 1.31. The van der Waals surface area contributed by atoms with Crippen LogP contribution in [0.4, 0.5) is 4.79 Å². The van der Waals surface area contributed by atoms with Crippen molar-refractivity contribution in [3.63, 3.8) is 0 Å². The van der Waals surface area contributed by atoms with Crippen molar-refractivity contribution in [2.45, 2.75) is 88.9 Å². The van der Waals surface area contributed by atoms with E-state index in [0.717, 1.165) is 38.1 Å². The Morgan fingerprint density at radius 3 is 2.20 bits per heavy atom. The van der Waals surface area contributed by atoms with Crippen LogP contribution in [0.25, 0.3) is 0 Å². The van der Waals surface area contributed by atoms with Gasteiger partial charge in [0.2, 0.25) is 5.72 Å². The van der Waals surface area contributed by atoms with Gasteiger partial charge in [0, 0.05) is 19.0 Å². The quantitative estimate of drug-likeness (QED) is 0.253. The summed E-state index contributed by atoms with van der Waals surface area (Å²) in [5, 5.41) is 0. The molecule has 6 heteroatoms. The van der Waals surface area contributed by atoms with Crippen LogP contribution in [0.5, 0.6) is 0 Å². The summed E-state index contributed by atoms with van der Waals surface area (Å²) in [6.45, 7) is 2.98. The average Bonchev–Trinajstić information content (AvgIpc) is 3.29. The average molecular weight is 548 g/mol. The summed E-state index contributed by atoms with van der Waals surface area (Å²) in [7, 11) is 5.86. The van der Waals surface area contributed by atoms with Crippen molar-refractivity contribution in [2.75, 3.05) is 27.7 Å². The summed E-state index contributed by atoms with van der Waals surface area (Å²) in [5.41, 5.74) is 1.86. The predicted octanol–water partition coefficient (Wildman–Crippen LogP) is 6.98. The highest BCUT2D eigenvalue weighted by molar-refractivity contribution is 5.64. The minimum Gasteiger partial charge on any atom is -0.438 e. The molecule has 218 valence electrons. The fraction of sp³-hybridized carbons (Fsp3) is 0.588. The lowest BCUT2D eigenvalue weighted by atomic mass is 9.74. The first-order valence-corrected chi connectivity index (χ1v) is 15.3. The number of nitrogens with zero attached hydrogens (tertiary/aromatic N) is 3. The monoisotopic (exact) mass is 547 g/mol. The first-order valence-electron chi connectivity index (χ1n) is 15.3. The van der Waals surface area contributed by atoms with Crippen LogP contribution >= 0.6 is 0 Å². The standard InChI is InChI=1S/C34H49N3O3/c1-5-23-34(40-33(38)39-4)32(37(26-35-34)24-22-28-14-10-7-11-15-28)25-29-16-19-30(20-17-29)31(36(2)3)21-18-27-12-8-6-9-13-27/h6-15,26,29-32H,5,16-25H2,1-4H3. The highest BCUT2D eigenvalue weighted by Gasteiger charge is 2.49. The van der Waals surface area contributed by atoms with Crippen LogP contribution in [-0.2, 0) is 22.3 Å². The Labute approximate surface area is 241 Å². The molecule has 1 heterocycles. The van der Waals surface area contributed by atoms with Crippen molar-refractivity contribution in [2.24, 2.45) is 16.8 Å². The molecule has 4 rings (SSSR count). The molecule has 6 nitrogen and oxygen atoms in total. The number of rotatable bonds is 13. The van der Waals surface area contributed by atoms with Crippen LogP contribution in [0.3, 0.4) is 0 Å². The molecule has 0 bridgehead atoms. The smallest absolute Gasteiger partial charge is 0.438 e. The Kier molecular flexibility index (Phi) is 11.0. The number of aliphatic imine (C=N–C) groups is 1. The highest BCUT2D eigenvalue weighted by atomic mass is 16.7. The lowest BCUT2D eigenvalue weighted by molar-refractivity contribution is -0.0623. The van der Waals surface area contributed by atoms with Crippen LogP contribution in [0.2, 0.25) is 0 Å². The molecule has 3 atom stereocenters. The number of benzene rings is 2. The second-order valence-electron chi connectivity index (χ2n) is 12.0. The van der Waals surface area contributed by atoms with Crippen molar-refractivity contribution in [3.8, 4) is 0 Å². The zero-order chi connectivity index (χ0) is 28.4. The van der Waals surface area contributed by atoms with E-state index >= 15 is 0 Å². The molecule has 0 saturated heterocycles. The van der Waals surface area contributed by atoms with E-state index in [2.05, 4.69) is 91.5 Å². The summed E-state index contributed by atoms with van der Waals surface area (Å²) in [6.07, 6.45) is 12.0. The molecule has 1 aliphatic carbocycles. The van der Waals surface area contributed by atoms with E-state index in [1.165, 1.54) is 50.3 Å². The van der Waals surface area contributed by atoms with E-state index in [1.807, 2.05) is 6.34 Å². The number of carbonyl (C=O) groups excluding carboxylic acids is 1. The van der Waals surface area contributed by atoms with Crippen molar-refractivity contribution >= 4 is 12.5 Å². The van der Waals surface area contributed by atoms with Gasteiger partial charge >= 0.3 is 6.16 Å². The molecule has 0 N–H and O–H groups in total. The SMILES string of the molecule is CCCC1(OC(=O)OC)N=CN(CCc2ccccc2)C1CC1CCC(C(CCc2ccccc2)N(C)C)CC1. The van der Waals surface area contributed by atoms with Gasteiger partial charge in [0.1, 0.15) is 0 Å². The molecule has 2 aromatic rings. The Hall–Kier alpha value is -2.86. The van der Waals surface area contributed by atoms with Gasteiger partial charge in [-0.2, -0.15) is 0 Å². The fourth-order valence-corrected chi connectivity index (χ4v) is 6.95. The van der Waals surface area contributed by atoms with Crippen molar-refractivity contribution in [3.05, 3.63) is 71.8 Å². The maximum atomic E-state index is 12.4. The maximum Gasteiger partial charge on any atom is 0.510 e. The van der Waals surface area contributed by atoms with Gasteiger partial charge < -0.3 is 19.3 Å². The molecule has 3 unspecified atom stereocenters. The van der Waals surface area contributed by atoms with E-state index in [4.69, 9.17) is 14.5 Å².